The summed E-state index contributed by atoms with van der Waals surface area (Å²) >= 11 is 0. The first-order valence-corrected chi connectivity index (χ1v) is 8.67. The minimum Gasteiger partial charge on any atom is -0.497 e. The first-order valence-electron chi connectivity index (χ1n) is 8.67. The third-order valence-electron chi connectivity index (χ3n) is 4.14. The van der Waals surface area contributed by atoms with Crippen LogP contribution in [0.5, 0.6) is 5.75 Å². The Morgan fingerprint density at radius 2 is 1.48 bits per heavy atom. The molecular formula is C22H18N2O5. The molecule has 0 aromatic heterocycles. The minimum atomic E-state index is -1.14. The molecule has 3 rings (SSSR count). The molecule has 3 N–H and O–H groups in total. The molecule has 7 nitrogen and oxygen atoms in total. The van der Waals surface area contributed by atoms with E-state index in [1.165, 1.54) is 18.2 Å². The lowest BCUT2D eigenvalue weighted by atomic mass is 10.1. The zero-order valence-corrected chi connectivity index (χ0v) is 15.5. The van der Waals surface area contributed by atoms with Crippen LogP contribution in [0.4, 0.5) is 11.4 Å². The summed E-state index contributed by atoms with van der Waals surface area (Å²) in [5.41, 5.74) is 1.33. The Bertz CT molecular complexity index is 1060. The summed E-state index contributed by atoms with van der Waals surface area (Å²) < 4.78 is 5.07. The monoisotopic (exact) mass is 390 g/mol. The van der Waals surface area contributed by atoms with Gasteiger partial charge in [0.15, 0.2) is 0 Å². The van der Waals surface area contributed by atoms with Gasteiger partial charge in [-0.2, -0.15) is 0 Å². The lowest BCUT2D eigenvalue weighted by Gasteiger charge is -2.10. The van der Waals surface area contributed by atoms with Crippen LogP contribution in [-0.2, 0) is 0 Å². The van der Waals surface area contributed by atoms with Gasteiger partial charge < -0.3 is 20.5 Å². The van der Waals surface area contributed by atoms with Crippen molar-refractivity contribution in [3.63, 3.8) is 0 Å². The van der Waals surface area contributed by atoms with E-state index in [2.05, 4.69) is 10.6 Å². The molecular weight excluding hydrogens is 372 g/mol. The maximum Gasteiger partial charge on any atom is 0.337 e. The molecule has 29 heavy (non-hydrogen) atoms. The Balaban J connectivity index is 1.74. The summed E-state index contributed by atoms with van der Waals surface area (Å²) in [7, 11) is 1.54. The van der Waals surface area contributed by atoms with Gasteiger partial charge in [0.25, 0.3) is 11.8 Å². The molecule has 0 atom stereocenters. The summed E-state index contributed by atoms with van der Waals surface area (Å²) in [4.78, 5) is 36.2. The molecule has 0 radical (unpaired) electrons. The second-order valence-corrected chi connectivity index (χ2v) is 6.07. The SMILES string of the molecule is COc1ccc(C(=O)Nc2cccc(C(=O)Nc3ccccc3C(=O)O)c2)cc1. The highest BCUT2D eigenvalue weighted by atomic mass is 16.5. The molecule has 0 saturated heterocycles. The van der Waals surface area contributed by atoms with Crippen molar-refractivity contribution in [1.29, 1.82) is 0 Å². The lowest BCUT2D eigenvalue weighted by molar-refractivity contribution is 0.0697. The van der Waals surface area contributed by atoms with Crippen LogP contribution in [-0.4, -0.2) is 30.0 Å². The largest absolute Gasteiger partial charge is 0.497 e. The van der Waals surface area contributed by atoms with Crippen LogP contribution < -0.4 is 15.4 Å². The van der Waals surface area contributed by atoms with Gasteiger partial charge in [-0.05, 0) is 54.6 Å². The molecule has 0 unspecified atom stereocenters. The Morgan fingerprint density at radius 3 is 2.17 bits per heavy atom. The highest BCUT2D eigenvalue weighted by molar-refractivity contribution is 6.09. The number of hydrogen-bond donors (Lipinski definition) is 3. The number of carboxylic acids is 1. The van der Waals surface area contributed by atoms with Crippen molar-refractivity contribution in [3.05, 3.63) is 89.5 Å². The average molecular weight is 390 g/mol. The van der Waals surface area contributed by atoms with Crippen molar-refractivity contribution in [2.75, 3.05) is 17.7 Å². The molecule has 0 heterocycles. The number of carbonyl (C=O) groups excluding carboxylic acids is 2. The zero-order chi connectivity index (χ0) is 20.8. The smallest absolute Gasteiger partial charge is 0.337 e. The van der Waals surface area contributed by atoms with Gasteiger partial charge in [0.05, 0.1) is 18.4 Å². The van der Waals surface area contributed by atoms with Gasteiger partial charge in [0.2, 0.25) is 0 Å². The summed E-state index contributed by atoms with van der Waals surface area (Å²) in [6.07, 6.45) is 0. The molecule has 7 heteroatoms. The van der Waals surface area contributed by atoms with Gasteiger partial charge >= 0.3 is 5.97 Å². The van der Waals surface area contributed by atoms with Crippen LogP contribution in [0.25, 0.3) is 0 Å². The standard InChI is InChI=1S/C22H18N2O5/c1-29-17-11-9-14(10-12-17)20(25)23-16-6-4-5-15(13-16)21(26)24-19-8-3-2-7-18(19)22(27)28/h2-13H,1H3,(H,23,25)(H,24,26)(H,27,28). The molecule has 0 aliphatic carbocycles. The molecule has 3 aromatic rings. The van der Waals surface area contributed by atoms with Crippen LogP contribution in [0.2, 0.25) is 0 Å². The molecule has 146 valence electrons. The van der Waals surface area contributed by atoms with Gasteiger partial charge in [0, 0.05) is 16.8 Å². The maximum atomic E-state index is 12.5. The molecule has 0 bridgehead atoms. The Kier molecular flexibility index (Phi) is 5.89. The fourth-order valence-electron chi connectivity index (χ4n) is 2.66. The number of amides is 2. The predicted octanol–water partition coefficient (Wildman–Crippen LogP) is 3.90. The number of ether oxygens (including phenoxy) is 1. The molecule has 3 aromatic carbocycles. The van der Waals surface area contributed by atoms with E-state index in [4.69, 9.17) is 4.74 Å². The van der Waals surface area contributed by atoms with Crippen molar-refractivity contribution < 1.29 is 24.2 Å². The molecule has 0 saturated carbocycles. The quantitative estimate of drug-likeness (QED) is 0.592. The number of benzene rings is 3. The maximum absolute atomic E-state index is 12.5. The van der Waals surface area contributed by atoms with Crippen LogP contribution in [0.15, 0.2) is 72.8 Å². The number of methoxy groups -OCH3 is 1. The molecule has 0 spiro atoms. The zero-order valence-electron chi connectivity index (χ0n) is 15.5. The van der Waals surface area contributed by atoms with E-state index in [0.29, 0.717) is 17.0 Å². The predicted molar refractivity (Wildman–Crippen MR) is 109 cm³/mol. The number of aromatic carboxylic acids is 1. The first-order chi connectivity index (χ1) is 14.0. The van der Waals surface area contributed by atoms with E-state index < -0.39 is 11.9 Å². The number of nitrogens with one attached hydrogen (secondary N) is 2. The van der Waals surface area contributed by atoms with Crippen molar-refractivity contribution in [2.45, 2.75) is 0 Å². The van der Waals surface area contributed by atoms with Gasteiger partial charge in [-0.1, -0.05) is 18.2 Å². The van der Waals surface area contributed by atoms with E-state index in [1.54, 1.807) is 61.7 Å². The second kappa shape index (κ2) is 8.71. The third-order valence-corrected chi connectivity index (χ3v) is 4.14. The summed E-state index contributed by atoms with van der Waals surface area (Å²) in [6, 6.07) is 19.1. The minimum absolute atomic E-state index is 0.00943. The van der Waals surface area contributed by atoms with Crippen molar-refractivity contribution in [1.82, 2.24) is 0 Å². The van der Waals surface area contributed by atoms with Gasteiger partial charge in [-0.25, -0.2) is 4.79 Å². The van der Waals surface area contributed by atoms with Crippen LogP contribution in [0.3, 0.4) is 0 Å². The number of carboxylic acid groups (broad SMARTS) is 1. The second-order valence-electron chi connectivity index (χ2n) is 6.07. The highest BCUT2D eigenvalue weighted by Crippen LogP contribution is 2.18. The van der Waals surface area contributed by atoms with E-state index in [-0.39, 0.29) is 22.7 Å². The number of rotatable bonds is 6. The fraction of sp³-hybridized carbons (Fsp3) is 0.0455. The van der Waals surface area contributed by atoms with E-state index in [9.17, 15) is 19.5 Å². The first kappa shape index (κ1) is 19.6. The summed E-state index contributed by atoms with van der Waals surface area (Å²) in [5.74, 6) is -1.32. The van der Waals surface area contributed by atoms with Crippen molar-refractivity contribution in [3.8, 4) is 5.75 Å². The van der Waals surface area contributed by atoms with Gasteiger partial charge in [-0.3, -0.25) is 9.59 Å². The topological polar surface area (TPSA) is 105 Å². The van der Waals surface area contributed by atoms with Crippen LogP contribution in [0, 0.1) is 0 Å². The number of anilines is 2. The Labute approximate surface area is 166 Å². The Hall–Kier alpha value is -4.13. The molecule has 0 fully saturated rings. The molecule has 0 aliphatic heterocycles. The summed E-state index contributed by atoms with van der Waals surface area (Å²) in [6.45, 7) is 0. The third kappa shape index (κ3) is 4.78. The number of hydrogen-bond acceptors (Lipinski definition) is 4. The lowest BCUT2D eigenvalue weighted by Crippen LogP contribution is -2.16. The fourth-order valence-corrected chi connectivity index (χ4v) is 2.66. The van der Waals surface area contributed by atoms with Crippen molar-refractivity contribution in [2.24, 2.45) is 0 Å². The number of carbonyl (C=O) groups is 3. The van der Waals surface area contributed by atoms with E-state index >= 15 is 0 Å². The van der Waals surface area contributed by atoms with E-state index in [1.807, 2.05) is 0 Å². The normalized spacial score (nSPS) is 10.1. The number of para-hydroxylation sites is 1. The highest BCUT2D eigenvalue weighted by Gasteiger charge is 2.14. The van der Waals surface area contributed by atoms with Crippen LogP contribution >= 0.6 is 0 Å². The van der Waals surface area contributed by atoms with Crippen molar-refractivity contribution >= 4 is 29.2 Å². The molecule has 2 amide bonds. The Morgan fingerprint density at radius 1 is 0.793 bits per heavy atom. The van der Waals surface area contributed by atoms with Crippen LogP contribution in [0.1, 0.15) is 31.1 Å². The van der Waals surface area contributed by atoms with Gasteiger partial charge in [-0.15, -0.1) is 0 Å². The van der Waals surface area contributed by atoms with E-state index in [0.717, 1.165) is 0 Å². The summed E-state index contributed by atoms with van der Waals surface area (Å²) in [5, 5.41) is 14.5. The van der Waals surface area contributed by atoms with Gasteiger partial charge in [0.1, 0.15) is 5.75 Å². The molecule has 0 aliphatic rings. The average Bonchev–Trinajstić information content (AvgIpc) is 2.74.